The number of anilines is 1. The van der Waals surface area contributed by atoms with Crippen molar-refractivity contribution in [1.82, 2.24) is 9.97 Å². The number of nitrogens with zero attached hydrogens (tertiary/aromatic N) is 1. The molecule has 0 radical (unpaired) electrons. The number of ether oxygens (including phenoxy) is 1. The molecule has 0 aliphatic heterocycles. The van der Waals surface area contributed by atoms with Gasteiger partial charge in [-0.05, 0) is 11.5 Å². The number of carbonyl (C=O) groups excluding carboxylic acids is 2. The highest BCUT2D eigenvalue weighted by Crippen LogP contribution is 2.26. The third kappa shape index (κ3) is 4.56. The molecule has 0 unspecified atom stereocenters. The molecule has 1 amide bonds. The first kappa shape index (κ1) is 20.1. The van der Waals surface area contributed by atoms with E-state index >= 15 is 0 Å². The molecule has 4 N–H and O–H groups in total. The Hall–Kier alpha value is -1.90. The number of hydrogen-bond acceptors (Lipinski definition) is 6. The summed E-state index contributed by atoms with van der Waals surface area (Å²) in [6.45, 7) is 5.70. The van der Waals surface area contributed by atoms with Crippen molar-refractivity contribution in [3.63, 3.8) is 0 Å². The predicted molar refractivity (Wildman–Crippen MR) is 96.5 cm³/mol. The summed E-state index contributed by atoms with van der Waals surface area (Å²) < 4.78 is 4.64. The van der Waals surface area contributed by atoms with Crippen LogP contribution in [0.4, 0.5) is 5.13 Å². The number of carbonyl (C=O) groups is 2. The second-order valence-corrected chi connectivity index (χ2v) is 7.02. The Morgan fingerprint density at radius 3 is 2.67 bits per heavy atom. The Labute approximate surface area is 150 Å². The van der Waals surface area contributed by atoms with E-state index < -0.39 is 12.0 Å². The summed E-state index contributed by atoms with van der Waals surface area (Å²) in [7, 11) is 1.32. The highest BCUT2D eigenvalue weighted by atomic mass is 35.5. The monoisotopic (exact) mass is 372 g/mol. The molecule has 1 atom stereocenters. The van der Waals surface area contributed by atoms with Crippen molar-refractivity contribution < 1.29 is 14.3 Å². The topological polar surface area (TPSA) is 110 Å². The first-order valence-corrected chi connectivity index (χ1v) is 7.89. The van der Waals surface area contributed by atoms with Crippen LogP contribution in [-0.2, 0) is 9.53 Å². The molecule has 0 saturated carbocycles. The third-order valence-electron chi connectivity index (χ3n) is 3.33. The molecule has 0 aromatic carbocycles. The standard InChI is InChI=1S/C15H20N4O3S.ClH/c1-15(2,3)11(16)12(20)19-14-18-10(7-23-14)8-5-9(17-6-8)13(21)22-4;/h5-7,11,17H,16H2,1-4H3,(H,18,19,20);1H/t11-;/m1./s1. The first-order chi connectivity index (χ1) is 10.7. The number of aromatic amines is 1. The van der Waals surface area contributed by atoms with Crippen LogP contribution in [0.5, 0.6) is 0 Å². The quantitative estimate of drug-likeness (QED) is 0.714. The molecule has 2 aromatic heterocycles. The minimum absolute atomic E-state index is 0. The number of nitrogens with two attached hydrogens (primary N) is 1. The Morgan fingerprint density at radius 2 is 2.08 bits per heavy atom. The molecule has 2 aromatic rings. The second-order valence-electron chi connectivity index (χ2n) is 6.16. The number of nitrogens with one attached hydrogen (secondary N) is 2. The zero-order chi connectivity index (χ0) is 17.2. The van der Waals surface area contributed by atoms with Crippen molar-refractivity contribution in [2.75, 3.05) is 12.4 Å². The molecule has 0 bridgehead atoms. The van der Waals surface area contributed by atoms with E-state index in [2.05, 4.69) is 20.0 Å². The van der Waals surface area contributed by atoms with Crippen molar-refractivity contribution in [2.45, 2.75) is 26.8 Å². The van der Waals surface area contributed by atoms with E-state index in [9.17, 15) is 9.59 Å². The Kier molecular flexibility index (Phi) is 6.53. The molecule has 132 valence electrons. The van der Waals surface area contributed by atoms with Gasteiger partial charge >= 0.3 is 5.97 Å². The molecule has 2 heterocycles. The largest absolute Gasteiger partial charge is 0.464 e. The SMILES string of the molecule is COC(=O)c1cc(-c2csc(NC(=O)[C@@H](N)C(C)(C)C)n2)c[nH]1.Cl. The van der Waals surface area contributed by atoms with Gasteiger partial charge in [-0.2, -0.15) is 0 Å². The van der Waals surface area contributed by atoms with Gasteiger partial charge in [0.15, 0.2) is 5.13 Å². The van der Waals surface area contributed by atoms with Crippen LogP contribution in [0, 0.1) is 5.41 Å². The lowest BCUT2D eigenvalue weighted by Gasteiger charge is -2.25. The van der Waals surface area contributed by atoms with E-state index in [1.165, 1.54) is 18.4 Å². The number of H-pyrrole nitrogens is 1. The lowest BCUT2D eigenvalue weighted by molar-refractivity contribution is -0.119. The molecule has 0 aliphatic rings. The first-order valence-electron chi connectivity index (χ1n) is 7.01. The van der Waals surface area contributed by atoms with Crippen LogP contribution in [0.1, 0.15) is 31.3 Å². The minimum Gasteiger partial charge on any atom is -0.464 e. The maximum Gasteiger partial charge on any atom is 0.354 e. The summed E-state index contributed by atoms with van der Waals surface area (Å²) in [6.07, 6.45) is 1.66. The molecular formula is C15H21ClN4O3S. The third-order valence-corrected chi connectivity index (χ3v) is 4.09. The Bertz CT molecular complexity index is 720. The average Bonchev–Trinajstić information content (AvgIpc) is 3.13. The highest BCUT2D eigenvalue weighted by molar-refractivity contribution is 7.14. The van der Waals surface area contributed by atoms with Crippen LogP contribution < -0.4 is 11.1 Å². The number of halogens is 1. The van der Waals surface area contributed by atoms with Gasteiger partial charge in [-0.15, -0.1) is 23.7 Å². The van der Waals surface area contributed by atoms with Gasteiger partial charge in [0.25, 0.3) is 0 Å². The van der Waals surface area contributed by atoms with Crippen molar-refractivity contribution in [2.24, 2.45) is 11.1 Å². The van der Waals surface area contributed by atoms with Crippen molar-refractivity contribution in [1.29, 1.82) is 0 Å². The fourth-order valence-electron chi connectivity index (χ4n) is 1.81. The number of aromatic nitrogens is 2. The lowest BCUT2D eigenvalue weighted by atomic mass is 9.87. The number of thiazole rings is 1. The summed E-state index contributed by atoms with van der Waals surface area (Å²) in [5.74, 6) is -0.723. The molecule has 0 saturated heterocycles. The van der Waals surface area contributed by atoms with Crippen LogP contribution in [0.25, 0.3) is 11.3 Å². The maximum absolute atomic E-state index is 12.1. The molecule has 0 spiro atoms. The molecule has 9 heteroatoms. The van der Waals surface area contributed by atoms with Crippen LogP contribution in [0.15, 0.2) is 17.6 Å². The summed E-state index contributed by atoms with van der Waals surface area (Å²) in [6, 6.07) is 1.01. The van der Waals surface area contributed by atoms with Crippen LogP contribution in [-0.4, -0.2) is 35.0 Å². The van der Waals surface area contributed by atoms with Crippen LogP contribution >= 0.6 is 23.7 Å². The van der Waals surface area contributed by atoms with Crippen LogP contribution in [0.3, 0.4) is 0 Å². The second kappa shape index (κ2) is 7.78. The molecule has 7 nitrogen and oxygen atoms in total. The number of methoxy groups -OCH3 is 1. The molecule has 0 aliphatic carbocycles. The fourth-order valence-corrected chi connectivity index (χ4v) is 2.53. The number of amides is 1. The van der Waals surface area contributed by atoms with Gasteiger partial charge < -0.3 is 20.8 Å². The van der Waals surface area contributed by atoms with E-state index in [-0.39, 0.29) is 23.7 Å². The summed E-state index contributed by atoms with van der Waals surface area (Å²) in [5, 5.41) is 4.98. The number of hydrogen-bond donors (Lipinski definition) is 3. The van der Waals surface area contributed by atoms with Gasteiger partial charge in [0, 0.05) is 17.1 Å². The van der Waals surface area contributed by atoms with Gasteiger partial charge in [0.1, 0.15) is 5.69 Å². The van der Waals surface area contributed by atoms with Crippen molar-refractivity contribution in [3.05, 3.63) is 23.3 Å². The van der Waals surface area contributed by atoms with E-state index in [0.29, 0.717) is 16.5 Å². The molecule has 2 rings (SSSR count). The van der Waals surface area contributed by atoms with E-state index in [0.717, 1.165) is 5.56 Å². The average molecular weight is 373 g/mol. The minimum atomic E-state index is -0.631. The molecular weight excluding hydrogens is 352 g/mol. The normalized spacial score (nSPS) is 12.2. The summed E-state index contributed by atoms with van der Waals surface area (Å²) in [5.41, 5.74) is 7.32. The van der Waals surface area contributed by atoms with E-state index in [1.54, 1.807) is 17.6 Å². The molecule has 0 fully saturated rings. The van der Waals surface area contributed by atoms with Gasteiger partial charge in [-0.1, -0.05) is 20.8 Å². The van der Waals surface area contributed by atoms with Gasteiger partial charge in [0.2, 0.25) is 5.91 Å². The zero-order valence-electron chi connectivity index (χ0n) is 13.9. The van der Waals surface area contributed by atoms with Gasteiger partial charge in [-0.3, -0.25) is 4.79 Å². The fraction of sp³-hybridized carbons (Fsp3) is 0.400. The molecule has 24 heavy (non-hydrogen) atoms. The number of esters is 1. The van der Waals surface area contributed by atoms with Crippen molar-refractivity contribution in [3.8, 4) is 11.3 Å². The maximum atomic E-state index is 12.1. The smallest absolute Gasteiger partial charge is 0.354 e. The predicted octanol–water partition coefficient (Wildman–Crippen LogP) is 2.66. The van der Waals surface area contributed by atoms with Crippen molar-refractivity contribution >= 4 is 40.8 Å². The summed E-state index contributed by atoms with van der Waals surface area (Å²) in [4.78, 5) is 30.7. The highest BCUT2D eigenvalue weighted by Gasteiger charge is 2.28. The Balaban J connectivity index is 0.00000288. The van der Waals surface area contributed by atoms with Gasteiger partial charge in [-0.25, -0.2) is 9.78 Å². The zero-order valence-corrected chi connectivity index (χ0v) is 15.5. The lowest BCUT2D eigenvalue weighted by Crippen LogP contribution is -2.45. The summed E-state index contributed by atoms with van der Waals surface area (Å²) >= 11 is 1.30. The van der Waals surface area contributed by atoms with E-state index in [4.69, 9.17) is 5.73 Å². The van der Waals surface area contributed by atoms with Crippen LogP contribution in [0.2, 0.25) is 0 Å². The van der Waals surface area contributed by atoms with Gasteiger partial charge in [0.05, 0.1) is 18.8 Å². The van der Waals surface area contributed by atoms with E-state index in [1.807, 2.05) is 20.8 Å². The Morgan fingerprint density at radius 1 is 1.42 bits per heavy atom. The number of rotatable bonds is 4.